The second-order valence-corrected chi connectivity index (χ2v) is 2.53. The van der Waals surface area contributed by atoms with Crippen LogP contribution in [-0.4, -0.2) is 16.7 Å². The van der Waals surface area contributed by atoms with E-state index in [4.69, 9.17) is 0 Å². The summed E-state index contributed by atoms with van der Waals surface area (Å²) in [5.41, 5.74) is 2.06. The molecule has 4 nitrogen and oxygen atoms in total. The molecule has 0 N–H and O–H groups in total. The quantitative estimate of drug-likeness (QED) is 0.648. The number of carbonyl (C=O) groups is 1. The SMILES string of the molecule is O=Cc1cccc(-c2conn2)c1. The molecule has 0 aliphatic heterocycles. The summed E-state index contributed by atoms with van der Waals surface area (Å²) < 4.78 is 4.59. The molecule has 2 rings (SSSR count). The number of hydrogen-bond donors (Lipinski definition) is 0. The van der Waals surface area contributed by atoms with E-state index in [2.05, 4.69) is 14.9 Å². The molecule has 4 heteroatoms. The van der Waals surface area contributed by atoms with Crippen molar-refractivity contribution in [2.24, 2.45) is 0 Å². The Bertz CT molecular complexity index is 409. The van der Waals surface area contributed by atoms with Gasteiger partial charge in [0.25, 0.3) is 0 Å². The van der Waals surface area contributed by atoms with Gasteiger partial charge in [-0.2, -0.15) is 0 Å². The molecule has 0 aliphatic carbocycles. The maximum atomic E-state index is 10.5. The van der Waals surface area contributed by atoms with E-state index in [0.717, 1.165) is 11.8 Å². The maximum absolute atomic E-state index is 10.5. The van der Waals surface area contributed by atoms with Gasteiger partial charge in [0.05, 0.1) is 0 Å². The highest BCUT2D eigenvalue weighted by Gasteiger charge is 2.01. The third kappa shape index (κ3) is 1.46. The fourth-order valence-corrected chi connectivity index (χ4v) is 1.06. The van der Waals surface area contributed by atoms with Gasteiger partial charge in [0.15, 0.2) is 6.26 Å². The Kier molecular flexibility index (Phi) is 1.88. The molecule has 0 spiro atoms. The van der Waals surface area contributed by atoms with Crippen LogP contribution in [0.15, 0.2) is 35.1 Å². The van der Waals surface area contributed by atoms with E-state index >= 15 is 0 Å². The third-order valence-corrected chi connectivity index (χ3v) is 1.68. The van der Waals surface area contributed by atoms with Crippen molar-refractivity contribution in [3.05, 3.63) is 36.1 Å². The van der Waals surface area contributed by atoms with Crippen LogP contribution < -0.4 is 0 Å². The minimum absolute atomic E-state index is 0.612. The van der Waals surface area contributed by atoms with Gasteiger partial charge in [-0.1, -0.05) is 18.2 Å². The van der Waals surface area contributed by atoms with E-state index < -0.39 is 0 Å². The molecule has 0 aliphatic rings. The van der Waals surface area contributed by atoms with Gasteiger partial charge in [-0.15, -0.1) is 5.10 Å². The molecule has 0 bridgehead atoms. The summed E-state index contributed by atoms with van der Waals surface area (Å²) in [6, 6.07) is 7.08. The molecular weight excluding hydrogens is 168 g/mol. The lowest BCUT2D eigenvalue weighted by Crippen LogP contribution is -1.82. The predicted octanol–water partition coefficient (Wildman–Crippen LogP) is 1.55. The Hall–Kier alpha value is -1.97. The highest BCUT2D eigenvalue weighted by Crippen LogP contribution is 2.16. The van der Waals surface area contributed by atoms with Crippen LogP contribution in [0.25, 0.3) is 11.3 Å². The molecule has 2 aromatic rings. The van der Waals surface area contributed by atoms with Crippen LogP contribution in [0.3, 0.4) is 0 Å². The monoisotopic (exact) mass is 174 g/mol. The van der Waals surface area contributed by atoms with Crippen LogP contribution >= 0.6 is 0 Å². The third-order valence-electron chi connectivity index (χ3n) is 1.68. The molecule has 0 atom stereocenters. The van der Waals surface area contributed by atoms with Crippen molar-refractivity contribution in [1.29, 1.82) is 0 Å². The maximum Gasteiger partial charge on any atom is 0.152 e. The van der Waals surface area contributed by atoms with Crippen molar-refractivity contribution in [3.63, 3.8) is 0 Å². The number of aldehydes is 1. The summed E-state index contributed by atoms with van der Waals surface area (Å²) in [5, 5.41) is 7.07. The van der Waals surface area contributed by atoms with Crippen molar-refractivity contribution in [2.75, 3.05) is 0 Å². The average molecular weight is 174 g/mol. The number of nitrogens with zero attached hydrogens (tertiary/aromatic N) is 2. The molecule has 0 fully saturated rings. The number of carbonyl (C=O) groups excluding carboxylic acids is 1. The van der Waals surface area contributed by atoms with Crippen LogP contribution in [-0.2, 0) is 0 Å². The Morgan fingerprint density at radius 2 is 2.31 bits per heavy atom. The smallest absolute Gasteiger partial charge is 0.152 e. The highest BCUT2D eigenvalue weighted by atomic mass is 16.5. The molecule has 0 saturated carbocycles. The summed E-state index contributed by atoms with van der Waals surface area (Å²) in [6.07, 6.45) is 2.22. The molecule has 0 radical (unpaired) electrons. The zero-order chi connectivity index (χ0) is 9.10. The first-order valence-corrected chi connectivity index (χ1v) is 3.73. The van der Waals surface area contributed by atoms with Crippen molar-refractivity contribution in [3.8, 4) is 11.3 Å². The van der Waals surface area contributed by atoms with Gasteiger partial charge in [-0.3, -0.25) is 4.79 Å². The van der Waals surface area contributed by atoms with Gasteiger partial charge in [-0.25, -0.2) is 0 Å². The minimum Gasteiger partial charge on any atom is -0.345 e. The van der Waals surface area contributed by atoms with E-state index in [-0.39, 0.29) is 0 Å². The zero-order valence-electron chi connectivity index (χ0n) is 6.68. The predicted molar refractivity (Wildman–Crippen MR) is 45.1 cm³/mol. The van der Waals surface area contributed by atoms with E-state index in [1.165, 1.54) is 6.26 Å². The number of rotatable bonds is 2. The lowest BCUT2D eigenvalue weighted by molar-refractivity contribution is 0.112. The standard InChI is InChI=1S/C9H6N2O2/c12-5-7-2-1-3-8(4-7)9-6-13-11-10-9/h1-6H. The molecule has 13 heavy (non-hydrogen) atoms. The van der Waals surface area contributed by atoms with Crippen LogP contribution in [0.4, 0.5) is 0 Å². The summed E-state index contributed by atoms with van der Waals surface area (Å²) in [6.45, 7) is 0. The summed E-state index contributed by atoms with van der Waals surface area (Å²) in [4.78, 5) is 10.5. The van der Waals surface area contributed by atoms with E-state index in [1.54, 1.807) is 18.2 Å². The molecule has 0 saturated heterocycles. The van der Waals surface area contributed by atoms with Gasteiger partial charge < -0.3 is 4.52 Å². The molecule has 64 valence electrons. The highest BCUT2D eigenvalue weighted by molar-refractivity contribution is 5.77. The van der Waals surface area contributed by atoms with Crippen LogP contribution in [0, 0.1) is 0 Å². The number of aromatic nitrogens is 2. The van der Waals surface area contributed by atoms with Crippen LogP contribution in [0.1, 0.15) is 10.4 Å². The van der Waals surface area contributed by atoms with Gasteiger partial charge >= 0.3 is 0 Å². The Morgan fingerprint density at radius 3 is 3.00 bits per heavy atom. The molecular formula is C9H6N2O2. The van der Waals surface area contributed by atoms with Crippen molar-refractivity contribution in [1.82, 2.24) is 10.4 Å². The summed E-state index contributed by atoms with van der Waals surface area (Å²) in [7, 11) is 0. The van der Waals surface area contributed by atoms with E-state index in [0.29, 0.717) is 11.3 Å². The van der Waals surface area contributed by atoms with E-state index in [9.17, 15) is 4.79 Å². The van der Waals surface area contributed by atoms with Gasteiger partial charge in [-0.05, 0) is 6.07 Å². The van der Waals surface area contributed by atoms with Crippen molar-refractivity contribution in [2.45, 2.75) is 0 Å². The van der Waals surface area contributed by atoms with Crippen LogP contribution in [0.2, 0.25) is 0 Å². The summed E-state index contributed by atoms with van der Waals surface area (Å²) >= 11 is 0. The first kappa shape index (κ1) is 7.67. The second-order valence-electron chi connectivity index (χ2n) is 2.53. The summed E-state index contributed by atoms with van der Waals surface area (Å²) in [5.74, 6) is 0. The molecule has 1 heterocycles. The Balaban J connectivity index is 2.47. The first-order chi connectivity index (χ1) is 6.40. The molecule has 1 aromatic heterocycles. The van der Waals surface area contributed by atoms with Gasteiger partial charge in [0, 0.05) is 16.4 Å². The average Bonchev–Trinajstić information content (AvgIpc) is 2.71. The Morgan fingerprint density at radius 1 is 1.38 bits per heavy atom. The Labute approximate surface area is 74.2 Å². The number of hydrogen-bond acceptors (Lipinski definition) is 4. The largest absolute Gasteiger partial charge is 0.345 e. The second kappa shape index (κ2) is 3.18. The topological polar surface area (TPSA) is 56.0 Å². The fourth-order valence-electron chi connectivity index (χ4n) is 1.06. The minimum atomic E-state index is 0.612. The number of benzene rings is 1. The first-order valence-electron chi connectivity index (χ1n) is 3.73. The lowest BCUT2D eigenvalue weighted by atomic mass is 10.1. The van der Waals surface area contributed by atoms with Gasteiger partial charge in [0.2, 0.25) is 0 Å². The van der Waals surface area contributed by atoms with Crippen LogP contribution in [0.5, 0.6) is 0 Å². The fraction of sp³-hybridized carbons (Fsp3) is 0. The lowest BCUT2D eigenvalue weighted by Gasteiger charge is -1.94. The normalized spacial score (nSPS) is 9.85. The van der Waals surface area contributed by atoms with Crippen molar-refractivity contribution >= 4 is 6.29 Å². The zero-order valence-corrected chi connectivity index (χ0v) is 6.68. The molecule has 1 aromatic carbocycles. The van der Waals surface area contributed by atoms with E-state index in [1.807, 2.05) is 6.07 Å². The van der Waals surface area contributed by atoms with Crippen molar-refractivity contribution < 1.29 is 9.32 Å². The molecule has 0 amide bonds. The van der Waals surface area contributed by atoms with Gasteiger partial charge in [0.1, 0.15) is 12.0 Å². The molecule has 0 unspecified atom stereocenters.